The lowest BCUT2D eigenvalue weighted by Crippen LogP contribution is -2.52. The molecule has 198 valence electrons. The summed E-state index contributed by atoms with van der Waals surface area (Å²) in [6.07, 6.45) is 1.68. The average molecular weight is 537 g/mol. The molecule has 2 atom stereocenters. The van der Waals surface area contributed by atoms with Crippen molar-refractivity contribution in [2.75, 3.05) is 26.2 Å². The maximum absolute atomic E-state index is 13.2. The summed E-state index contributed by atoms with van der Waals surface area (Å²) < 4.78 is 38.5. The molecule has 2 amide bonds. The summed E-state index contributed by atoms with van der Waals surface area (Å²) in [5.74, 6) is -0.832. The number of carbonyl (C=O) groups is 2. The van der Waals surface area contributed by atoms with Crippen molar-refractivity contribution in [3.05, 3.63) is 89.9 Å². The second-order valence-electron chi connectivity index (χ2n) is 8.74. The first kappa shape index (κ1) is 27.1. The maximum atomic E-state index is 13.2. The molecule has 2 aromatic carbocycles. The van der Waals surface area contributed by atoms with Crippen molar-refractivity contribution in [1.29, 1.82) is 5.26 Å². The summed E-state index contributed by atoms with van der Waals surface area (Å²) in [4.78, 5) is 25.6. The molecule has 1 aromatic heterocycles. The number of amides is 2. The summed E-state index contributed by atoms with van der Waals surface area (Å²) in [6, 6.07) is 19.8. The number of hydrogen-bond acceptors (Lipinski definition) is 7. The third-order valence-corrected chi connectivity index (χ3v) is 8.09. The number of hydrogen-bond donors (Lipinski definition) is 2. The minimum Gasteiger partial charge on any atom is -0.459 e. The monoisotopic (exact) mass is 536 g/mol. The Morgan fingerprint density at radius 1 is 1.08 bits per heavy atom. The third-order valence-electron chi connectivity index (χ3n) is 6.16. The average Bonchev–Trinajstić information content (AvgIpc) is 3.50. The third kappa shape index (κ3) is 6.66. The van der Waals surface area contributed by atoms with Crippen LogP contribution in [0.25, 0.3) is 0 Å². The molecule has 1 aliphatic heterocycles. The Bertz CT molecular complexity index is 1390. The van der Waals surface area contributed by atoms with Crippen LogP contribution >= 0.6 is 0 Å². The number of morpholine rings is 1. The number of nitrogens with zero attached hydrogens (tertiary/aromatic N) is 2. The first-order valence-corrected chi connectivity index (χ1v) is 13.6. The molecule has 0 saturated carbocycles. The first-order valence-electron chi connectivity index (χ1n) is 12.2. The molecule has 0 radical (unpaired) electrons. The molecule has 0 spiro atoms. The number of ether oxygens (including phenoxy) is 1. The van der Waals surface area contributed by atoms with Gasteiger partial charge in [0, 0.05) is 19.6 Å². The van der Waals surface area contributed by atoms with Crippen molar-refractivity contribution in [2.24, 2.45) is 0 Å². The molecular formula is C27H28N4O6S. The van der Waals surface area contributed by atoms with Gasteiger partial charge in [0.05, 0.1) is 29.4 Å². The predicted octanol–water partition coefficient (Wildman–Crippen LogP) is 2.09. The van der Waals surface area contributed by atoms with Crippen molar-refractivity contribution in [2.45, 2.75) is 29.9 Å². The number of aryl methyl sites for hydroxylation is 1. The van der Waals surface area contributed by atoms with E-state index in [2.05, 4.69) is 10.6 Å². The van der Waals surface area contributed by atoms with Crippen LogP contribution in [-0.4, -0.2) is 62.9 Å². The summed E-state index contributed by atoms with van der Waals surface area (Å²) in [5.41, 5.74) is 1.09. The molecule has 38 heavy (non-hydrogen) atoms. The highest BCUT2D eigenvalue weighted by Crippen LogP contribution is 2.22. The zero-order valence-corrected chi connectivity index (χ0v) is 21.4. The zero-order valence-electron chi connectivity index (χ0n) is 20.6. The summed E-state index contributed by atoms with van der Waals surface area (Å²) in [7, 11) is -3.92. The molecule has 1 aliphatic rings. The fraction of sp³-hybridized carbons (Fsp3) is 0.296. The van der Waals surface area contributed by atoms with E-state index in [4.69, 9.17) is 9.15 Å². The second kappa shape index (κ2) is 12.5. The van der Waals surface area contributed by atoms with Crippen LogP contribution in [0.5, 0.6) is 0 Å². The van der Waals surface area contributed by atoms with E-state index >= 15 is 0 Å². The van der Waals surface area contributed by atoms with Gasteiger partial charge >= 0.3 is 0 Å². The molecule has 0 bridgehead atoms. The minimum absolute atomic E-state index is 0.00973. The van der Waals surface area contributed by atoms with E-state index in [1.54, 1.807) is 18.2 Å². The van der Waals surface area contributed by atoms with E-state index in [1.165, 1.54) is 28.8 Å². The van der Waals surface area contributed by atoms with Crippen molar-refractivity contribution in [3.63, 3.8) is 0 Å². The zero-order chi connectivity index (χ0) is 27.0. The largest absolute Gasteiger partial charge is 0.459 e. The molecule has 11 heteroatoms. The van der Waals surface area contributed by atoms with Gasteiger partial charge in [0.15, 0.2) is 5.76 Å². The van der Waals surface area contributed by atoms with E-state index in [9.17, 15) is 23.3 Å². The number of sulfonamides is 1. The van der Waals surface area contributed by atoms with Crippen LogP contribution in [0.4, 0.5) is 0 Å². The first-order chi connectivity index (χ1) is 18.4. The lowest BCUT2D eigenvalue weighted by Gasteiger charge is -2.32. The van der Waals surface area contributed by atoms with Crippen molar-refractivity contribution in [1.82, 2.24) is 14.9 Å². The minimum atomic E-state index is -3.92. The number of rotatable bonds is 10. The normalized spacial score (nSPS) is 16.8. The number of furan rings is 1. The Morgan fingerprint density at radius 2 is 1.84 bits per heavy atom. The maximum Gasteiger partial charge on any atom is 0.287 e. The molecule has 4 rings (SSSR count). The molecule has 2 N–H and O–H groups in total. The van der Waals surface area contributed by atoms with E-state index in [0.29, 0.717) is 12.8 Å². The molecule has 2 heterocycles. The van der Waals surface area contributed by atoms with Crippen LogP contribution < -0.4 is 10.6 Å². The second-order valence-corrected chi connectivity index (χ2v) is 10.6. The molecule has 0 aliphatic carbocycles. The number of nitriles is 1. The van der Waals surface area contributed by atoms with Crippen LogP contribution in [0.2, 0.25) is 0 Å². The van der Waals surface area contributed by atoms with E-state index < -0.39 is 34.0 Å². The van der Waals surface area contributed by atoms with Gasteiger partial charge in [0.1, 0.15) is 12.1 Å². The summed E-state index contributed by atoms with van der Waals surface area (Å²) >= 11 is 0. The van der Waals surface area contributed by atoms with Crippen molar-refractivity contribution in [3.8, 4) is 6.07 Å². The topological polar surface area (TPSA) is 142 Å². The number of carbonyl (C=O) groups excluding carboxylic acids is 2. The highest BCUT2D eigenvalue weighted by molar-refractivity contribution is 7.89. The number of nitrogens with one attached hydrogen (secondary N) is 2. The summed E-state index contributed by atoms with van der Waals surface area (Å²) in [6.45, 7) is 0.325. The van der Waals surface area contributed by atoms with Gasteiger partial charge in [-0.2, -0.15) is 9.57 Å². The van der Waals surface area contributed by atoms with E-state index in [1.807, 2.05) is 36.4 Å². The highest BCUT2D eigenvalue weighted by atomic mass is 32.2. The fourth-order valence-corrected chi connectivity index (χ4v) is 5.75. The predicted molar refractivity (Wildman–Crippen MR) is 137 cm³/mol. The van der Waals surface area contributed by atoms with Gasteiger partial charge in [-0.15, -0.1) is 0 Å². The van der Waals surface area contributed by atoms with Crippen LogP contribution in [0.3, 0.4) is 0 Å². The number of benzene rings is 2. The van der Waals surface area contributed by atoms with Gasteiger partial charge in [-0.25, -0.2) is 8.42 Å². The van der Waals surface area contributed by atoms with Gasteiger partial charge in [-0.3, -0.25) is 9.59 Å². The van der Waals surface area contributed by atoms with Crippen molar-refractivity contribution >= 4 is 21.8 Å². The Labute approximate surface area is 221 Å². The molecular weight excluding hydrogens is 508 g/mol. The lowest BCUT2D eigenvalue weighted by molar-refractivity contribution is -0.124. The van der Waals surface area contributed by atoms with E-state index in [-0.39, 0.29) is 42.5 Å². The Morgan fingerprint density at radius 3 is 2.58 bits per heavy atom. The quantitative estimate of drug-likeness (QED) is 0.404. The van der Waals surface area contributed by atoms with Crippen LogP contribution in [0.15, 0.2) is 82.3 Å². The SMILES string of the molecule is N#Cc1ccccc1S(=O)(=O)N1CCOC(CNC(=O)[C@H](CCc2ccccc2)NC(=O)c2ccco2)C1. The molecule has 1 unspecified atom stereocenters. The molecule has 1 fully saturated rings. The smallest absolute Gasteiger partial charge is 0.287 e. The van der Waals surface area contributed by atoms with Gasteiger partial charge < -0.3 is 19.8 Å². The molecule has 1 saturated heterocycles. The van der Waals surface area contributed by atoms with Gasteiger partial charge in [-0.1, -0.05) is 42.5 Å². The van der Waals surface area contributed by atoms with Gasteiger partial charge in [0.25, 0.3) is 5.91 Å². The molecule has 10 nitrogen and oxygen atoms in total. The Balaban J connectivity index is 1.39. The van der Waals surface area contributed by atoms with E-state index in [0.717, 1.165) is 5.56 Å². The Kier molecular flexibility index (Phi) is 8.91. The van der Waals surface area contributed by atoms with Gasteiger partial charge in [-0.05, 0) is 42.7 Å². The van der Waals surface area contributed by atoms with Crippen LogP contribution in [-0.2, 0) is 26.0 Å². The highest BCUT2D eigenvalue weighted by Gasteiger charge is 2.33. The lowest BCUT2D eigenvalue weighted by atomic mass is 10.0. The van der Waals surface area contributed by atoms with Gasteiger partial charge in [0.2, 0.25) is 15.9 Å². The van der Waals surface area contributed by atoms with Crippen molar-refractivity contribution < 1.29 is 27.2 Å². The standard InChI is InChI=1S/C27H28N4O6S/c28-17-21-9-4-5-11-25(21)38(34,35)31-14-16-36-22(19-31)18-29-26(32)23(13-12-20-7-2-1-3-8-20)30-27(33)24-10-6-15-37-24/h1-11,15,22-23H,12-14,16,18-19H2,(H,29,32)(H,30,33)/t22?,23-/m0/s1. The Hall–Kier alpha value is -3.98. The molecule has 3 aromatic rings. The summed E-state index contributed by atoms with van der Waals surface area (Å²) in [5, 5.41) is 14.8. The van der Waals surface area contributed by atoms with Crippen LogP contribution in [0, 0.1) is 11.3 Å². The van der Waals surface area contributed by atoms with Crippen LogP contribution in [0.1, 0.15) is 28.1 Å². The fourth-order valence-electron chi connectivity index (χ4n) is 4.16.